The highest BCUT2D eigenvalue weighted by Gasteiger charge is 2.33. The van der Waals surface area contributed by atoms with E-state index in [2.05, 4.69) is 0 Å². The molecule has 2 aromatic rings. The van der Waals surface area contributed by atoms with Crippen molar-refractivity contribution >= 4 is 46.1 Å². The van der Waals surface area contributed by atoms with Crippen LogP contribution in [0.25, 0.3) is 6.08 Å². The van der Waals surface area contributed by atoms with Crippen LogP contribution in [0.3, 0.4) is 0 Å². The van der Waals surface area contributed by atoms with Gasteiger partial charge in [0.05, 0.1) is 10.5 Å². The Labute approximate surface area is 213 Å². The molecule has 1 aliphatic heterocycles. The number of benzene rings is 1. The number of amides is 1. The predicted molar refractivity (Wildman–Crippen MR) is 139 cm³/mol. The van der Waals surface area contributed by atoms with Crippen LogP contribution in [0, 0.1) is 25.2 Å². The van der Waals surface area contributed by atoms with Crippen molar-refractivity contribution in [2.24, 2.45) is 0 Å². The van der Waals surface area contributed by atoms with Gasteiger partial charge in [0.15, 0.2) is 5.78 Å². The maximum atomic E-state index is 13.2. The molecule has 1 N–H and O–H groups in total. The molecule has 0 bridgehead atoms. The molecular weight excluding hydrogens is 482 g/mol. The van der Waals surface area contributed by atoms with Crippen LogP contribution < -0.4 is 5.56 Å². The predicted octanol–water partition coefficient (Wildman–Crippen LogP) is 4.63. The normalized spacial score (nSPS) is 17.4. The van der Waals surface area contributed by atoms with Crippen LogP contribution >= 0.6 is 24.0 Å². The Kier molecular flexibility index (Phi) is 7.24. The molecule has 2 heterocycles. The molecule has 180 valence electrons. The second kappa shape index (κ2) is 10.2. The third-order valence-corrected chi connectivity index (χ3v) is 7.90. The summed E-state index contributed by atoms with van der Waals surface area (Å²) in [6, 6.07) is 9.42. The number of thioether (sulfide) groups is 1. The van der Waals surface area contributed by atoms with Crippen molar-refractivity contribution in [3.8, 4) is 11.9 Å². The van der Waals surface area contributed by atoms with Gasteiger partial charge in [-0.2, -0.15) is 5.26 Å². The van der Waals surface area contributed by atoms with Crippen molar-refractivity contribution in [3.63, 3.8) is 0 Å². The molecule has 1 aromatic heterocycles. The first-order valence-corrected chi connectivity index (χ1v) is 12.7. The van der Waals surface area contributed by atoms with Crippen LogP contribution in [0.5, 0.6) is 5.88 Å². The summed E-state index contributed by atoms with van der Waals surface area (Å²) in [7, 11) is 0. The van der Waals surface area contributed by atoms with Crippen molar-refractivity contribution in [2.75, 3.05) is 6.54 Å². The van der Waals surface area contributed by atoms with E-state index in [1.165, 1.54) is 28.2 Å². The number of nitrogens with zero attached hydrogens (tertiary/aromatic N) is 3. The van der Waals surface area contributed by atoms with E-state index in [0.29, 0.717) is 22.1 Å². The molecule has 9 heteroatoms. The number of hydrogen-bond donors (Lipinski definition) is 1. The van der Waals surface area contributed by atoms with E-state index in [1.54, 1.807) is 6.08 Å². The highest BCUT2D eigenvalue weighted by atomic mass is 32.2. The fourth-order valence-corrected chi connectivity index (χ4v) is 5.91. The summed E-state index contributed by atoms with van der Waals surface area (Å²) in [5.74, 6) is -1.11. The number of aromatic nitrogens is 1. The summed E-state index contributed by atoms with van der Waals surface area (Å²) in [5, 5.41) is 20.5. The smallest absolute Gasteiger partial charge is 0.271 e. The molecule has 1 saturated heterocycles. The zero-order valence-corrected chi connectivity index (χ0v) is 21.2. The van der Waals surface area contributed by atoms with Gasteiger partial charge in [-0.1, -0.05) is 66.7 Å². The van der Waals surface area contributed by atoms with Gasteiger partial charge < -0.3 is 5.11 Å². The third kappa shape index (κ3) is 4.81. The molecule has 0 radical (unpaired) electrons. The van der Waals surface area contributed by atoms with Crippen LogP contribution in [0.15, 0.2) is 34.0 Å². The van der Waals surface area contributed by atoms with Crippen molar-refractivity contribution in [1.29, 1.82) is 5.26 Å². The molecule has 0 spiro atoms. The van der Waals surface area contributed by atoms with Crippen LogP contribution in [0.2, 0.25) is 0 Å². The standard InChI is InChI=1S/C26H25N3O4S2/c1-15-7-9-17(10-8-15)13-21-24(32)28(26(34)35-21)12-11-20(30)22-16(2)19(14-27)23(31)29(25(22)33)18-5-3-4-6-18/h7-10,13,18,33H,3-6,11-12H2,1-2H3/b21-13-. The SMILES string of the molecule is Cc1ccc(/C=C2\SC(=S)N(CCC(=O)c3c(C)c(C#N)c(=O)n(C4CCCC4)c3O)C2=O)cc1. The summed E-state index contributed by atoms with van der Waals surface area (Å²) in [4.78, 5) is 40.9. The van der Waals surface area contributed by atoms with Crippen LogP contribution in [-0.2, 0) is 4.79 Å². The maximum Gasteiger partial charge on any atom is 0.271 e. The molecule has 0 atom stereocenters. The first kappa shape index (κ1) is 24.9. The second-order valence-corrected chi connectivity index (χ2v) is 10.5. The van der Waals surface area contributed by atoms with Gasteiger partial charge in [0.1, 0.15) is 16.0 Å². The maximum absolute atomic E-state index is 13.2. The number of rotatable bonds is 6. The van der Waals surface area contributed by atoms with E-state index in [0.717, 1.165) is 24.0 Å². The lowest BCUT2D eigenvalue weighted by Gasteiger charge is -2.20. The number of carbonyl (C=O) groups excluding carboxylic acids is 2. The number of aromatic hydroxyl groups is 1. The van der Waals surface area contributed by atoms with E-state index in [-0.39, 0.29) is 41.6 Å². The minimum atomic E-state index is -0.566. The van der Waals surface area contributed by atoms with Gasteiger partial charge in [-0.05, 0) is 43.9 Å². The summed E-state index contributed by atoms with van der Waals surface area (Å²) >= 11 is 6.56. The van der Waals surface area contributed by atoms with Crippen LogP contribution in [0.4, 0.5) is 0 Å². The zero-order chi connectivity index (χ0) is 25.3. The minimum Gasteiger partial charge on any atom is -0.494 e. The Morgan fingerprint density at radius 1 is 1.23 bits per heavy atom. The fourth-order valence-electron chi connectivity index (χ4n) is 4.60. The van der Waals surface area contributed by atoms with Gasteiger partial charge in [0.25, 0.3) is 11.5 Å². The number of pyridine rings is 1. The van der Waals surface area contributed by atoms with Crippen LogP contribution in [0.1, 0.15) is 70.8 Å². The Morgan fingerprint density at radius 2 is 1.89 bits per heavy atom. The topological polar surface area (TPSA) is 103 Å². The van der Waals surface area contributed by atoms with E-state index in [4.69, 9.17) is 12.2 Å². The van der Waals surface area contributed by atoms with Gasteiger partial charge in [-0.15, -0.1) is 0 Å². The zero-order valence-electron chi connectivity index (χ0n) is 19.5. The van der Waals surface area contributed by atoms with E-state index >= 15 is 0 Å². The molecule has 7 nitrogen and oxygen atoms in total. The Hall–Kier alpha value is -3.22. The summed E-state index contributed by atoms with van der Waals surface area (Å²) in [6.45, 7) is 3.52. The lowest BCUT2D eigenvalue weighted by atomic mass is 9.99. The van der Waals surface area contributed by atoms with Gasteiger partial charge in [-0.3, -0.25) is 23.9 Å². The molecular formula is C26H25N3O4S2. The number of nitriles is 1. The average Bonchev–Trinajstić information content (AvgIpc) is 3.43. The van der Waals surface area contributed by atoms with Crippen molar-refractivity contribution in [1.82, 2.24) is 9.47 Å². The lowest BCUT2D eigenvalue weighted by molar-refractivity contribution is -0.122. The number of hydrogen-bond acceptors (Lipinski definition) is 7. The number of aryl methyl sites for hydroxylation is 1. The molecule has 1 aromatic carbocycles. The van der Waals surface area contributed by atoms with Crippen molar-refractivity contribution in [3.05, 3.63) is 67.3 Å². The molecule has 0 unspecified atom stereocenters. The van der Waals surface area contributed by atoms with E-state index < -0.39 is 17.2 Å². The Balaban J connectivity index is 1.57. The molecule has 1 aliphatic carbocycles. The summed E-state index contributed by atoms with van der Waals surface area (Å²) in [5.41, 5.74) is 1.43. The number of thiocarbonyl (C=S) groups is 1. The molecule has 2 aliphatic rings. The monoisotopic (exact) mass is 507 g/mol. The highest BCUT2D eigenvalue weighted by Crippen LogP contribution is 2.35. The molecule has 4 rings (SSSR count). The quantitative estimate of drug-likeness (QED) is 0.345. The van der Waals surface area contributed by atoms with Crippen molar-refractivity contribution in [2.45, 2.75) is 52.0 Å². The van der Waals surface area contributed by atoms with E-state index in [1.807, 2.05) is 37.3 Å². The minimum absolute atomic E-state index is 0.0336. The highest BCUT2D eigenvalue weighted by molar-refractivity contribution is 8.26. The van der Waals surface area contributed by atoms with Crippen LogP contribution in [-0.4, -0.2) is 37.1 Å². The number of ketones is 1. The first-order valence-electron chi connectivity index (χ1n) is 11.5. The third-order valence-electron chi connectivity index (χ3n) is 6.53. The average molecular weight is 508 g/mol. The van der Waals surface area contributed by atoms with E-state index in [9.17, 15) is 24.8 Å². The number of Topliss-reactive ketones (excluding diaryl/α,β-unsaturated/α-hetero) is 1. The fraction of sp³-hybridized carbons (Fsp3) is 0.346. The van der Waals surface area contributed by atoms with Gasteiger partial charge >= 0.3 is 0 Å². The van der Waals surface area contributed by atoms with Gasteiger partial charge in [0.2, 0.25) is 5.88 Å². The summed E-state index contributed by atoms with van der Waals surface area (Å²) < 4.78 is 1.56. The molecule has 1 saturated carbocycles. The van der Waals surface area contributed by atoms with Crippen molar-refractivity contribution < 1.29 is 14.7 Å². The Morgan fingerprint density at radius 3 is 2.51 bits per heavy atom. The first-order chi connectivity index (χ1) is 16.7. The molecule has 2 fully saturated rings. The second-order valence-electron chi connectivity index (χ2n) is 8.84. The molecule has 35 heavy (non-hydrogen) atoms. The summed E-state index contributed by atoms with van der Waals surface area (Å²) in [6.07, 6.45) is 4.91. The van der Waals surface area contributed by atoms with Gasteiger partial charge in [-0.25, -0.2) is 0 Å². The molecule has 1 amide bonds. The lowest BCUT2D eigenvalue weighted by Crippen LogP contribution is -2.32. The number of carbonyl (C=O) groups is 2. The van der Waals surface area contributed by atoms with Gasteiger partial charge in [0, 0.05) is 19.0 Å². The Bertz CT molecular complexity index is 1350. The largest absolute Gasteiger partial charge is 0.494 e.